The van der Waals surface area contributed by atoms with Crippen LogP contribution in [0.4, 0.5) is 16.2 Å². The third-order valence-electron chi connectivity index (χ3n) is 4.54. The van der Waals surface area contributed by atoms with Crippen molar-refractivity contribution in [2.24, 2.45) is 0 Å². The van der Waals surface area contributed by atoms with Gasteiger partial charge in [-0.15, -0.1) is 0 Å². The molecule has 9 heteroatoms. The molecule has 0 fully saturated rings. The number of para-hydroxylation sites is 2. The Bertz CT molecular complexity index is 1130. The summed E-state index contributed by atoms with van der Waals surface area (Å²) in [5.74, 6) is 0.439. The summed E-state index contributed by atoms with van der Waals surface area (Å²) < 4.78 is 32.7. The Morgan fingerprint density at radius 3 is 2.44 bits per heavy atom. The number of urea groups is 1. The monoisotopic (exact) mass is 454 g/mol. The quantitative estimate of drug-likeness (QED) is 0.450. The predicted octanol–water partition coefficient (Wildman–Crippen LogP) is 4.13. The molecule has 0 atom stereocenters. The first-order valence-electron chi connectivity index (χ1n) is 10.1. The van der Waals surface area contributed by atoms with E-state index in [2.05, 4.69) is 20.3 Å². The number of aromatic nitrogens is 1. The molecular formula is C23H26N4O4S. The van der Waals surface area contributed by atoms with Crippen LogP contribution in [-0.2, 0) is 23.2 Å². The van der Waals surface area contributed by atoms with Crippen LogP contribution in [0.3, 0.4) is 0 Å². The van der Waals surface area contributed by atoms with E-state index < -0.39 is 15.3 Å². The lowest BCUT2D eigenvalue weighted by Crippen LogP contribution is -2.28. The maximum Gasteiger partial charge on any atom is 0.319 e. The average molecular weight is 455 g/mol. The molecule has 0 spiro atoms. The molecule has 168 valence electrons. The van der Waals surface area contributed by atoms with Gasteiger partial charge in [0, 0.05) is 24.6 Å². The van der Waals surface area contributed by atoms with E-state index in [1.807, 2.05) is 24.3 Å². The molecule has 1 aromatic heterocycles. The molecule has 8 nitrogen and oxygen atoms in total. The number of anilines is 2. The third-order valence-corrected chi connectivity index (χ3v) is 6.29. The van der Waals surface area contributed by atoms with Crippen LogP contribution in [0, 0.1) is 0 Å². The number of amides is 2. The van der Waals surface area contributed by atoms with Gasteiger partial charge in [-0.3, -0.25) is 9.71 Å². The van der Waals surface area contributed by atoms with Crippen molar-refractivity contribution >= 4 is 27.4 Å². The molecule has 0 radical (unpaired) electrons. The molecule has 1 heterocycles. The Hall–Kier alpha value is -3.59. The molecule has 2 aromatic carbocycles. The fourth-order valence-electron chi connectivity index (χ4n) is 2.65. The SMILES string of the molecule is CC(C)S(=O)(=O)Nc1ccccc1OCc1ccc(NC(=O)NCc2cccnc2)cc1. The largest absolute Gasteiger partial charge is 0.487 e. The molecule has 0 saturated heterocycles. The minimum Gasteiger partial charge on any atom is -0.487 e. The lowest BCUT2D eigenvalue weighted by Gasteiger charge is -2.15. The van der Waals surface area contributed by atoms with Crippen molar-refractivity contribution in [3.8, 4) is 5.75 Å². The number of sulfonamides is 1. The molecule has 0 saturated carbocycles. The van der Waals surface area contributed by atoms with Gasteiger partial charge in [-0.1, -0.05) is 30.3 Å². The Balaban J connectivity index is 1.54. The van der Waals surface area contributed by atoms with Crippen molar-refractivity contribution in [2.75, 3.05) is 10.0 Å². The fraction of sp³-hybridized carbons (Fsp3) is 0.217. The molecule has 0 aliphatic heterocycles. The number of ether oxygens (including phenoxy) is 1. The average Bonchev–Trinajstić information content (AvgIpc) is 2.78. The van der Waals surface area contributed by atoms with Crippen molar-refractivity contribution in [1.29, 1.82) is 0 Å². The molecular weight excluding hydrogens is 428 g/mol. The van der Waals surface area contributed by atoms with Crippen LogP contribution < -0.4 is 20.1 Å². The summed E-state index contributed by atoms with van der Waals surface area (Å²) >= 11 is 0. The summed E-state index contributed by atoms with van der Waals surface area (Å²) in [5, 5.41) is 4.98. The molecule has 3 N–H and O–H groups in total. The van der Waals surface area contributed by atoms with Gasteiger partial charge in [-0.25, -0.2) is 13.2 Å². The van der Waals surface area contributed by atoms with Gasteiger partial charge in [0.2, 0.25) is 10.0 Å². The summed E-state index contributed by atoms with van der Waals surface area (Å²) in [5.41, 5.74) is 2.81. The summed E-state index contributed by atoms with van der Waals surface area (Å²) in [4.78, 5) is 16.1. The van der Waals surface area contributed by atoms with Gasteiger partial charge in [0.15, 0.2) is 0 Å². The van der Waals surface area contributed by atoms with Crippen LogP contribution in [0.2, 0.25) is 0 Å². The number of nitrogens with one attached hydrogen (secondary N) is 3. The van der Waals surface area contributed by atoms with Crippen molar-refractivity contribution in [1.82, 2.24) is 10.3 Å². The smallest absolute Gasteiger partial charge is 0.319 e. The van der Waals surface area contributed by atoms with Crippen LogP contribution in [0.5, 0.6) is 5.75 Å². The van der Waals surface area contributed by atoms with Crippen molar-refractivity contribution in [3.05, 3.63) is 84.2 Å². The van der Waals surface area contributed by atoms with Crippen LogP contribution in [-0.4, -0.2) is 24.7 Å². The number of benzene rings is 2. The van der Waals surface area contributed by atoms with E-state index in [-0.39, 0.29) is 12.6 Å². The standard InChI is InChI=1S/C23H26N4O4S/c1-17(2)32(29,30)27-21-7-3-4-8-22(21)31-16-18-9-11-20(12-10-18)26-23(28)25-15-19-6-5-13-24-14-19/h3-14,17,27H,15-16H2,1-2H3,(H2,25,26,28). The molecule has 2 amide bonds. The highest BCUT2D eigenvalue weighted by Crippen LogP contribution is 2.26. The number of carbonyl (C=O) groups is 1. The van der Waals surface area contributed by atoms with E-state index in [1.54, 1.807) is 62.6 Å². The Labute approximate surface area is 188 Å². The Morgan fingerprint density at radius 1 is 1.00 bits per heavy atom. The molecule has 0 aliphatic carbocycles. The highest BCUT2D eigenvalue weighted by Gasteiger charge is 2.17. The Morgan fingerprint density at radius 2 is 1.75 bits per heavy atom. The topological polar surface area (TPSA) is 109 Å². The van der Waals surface area contributed by atoms with E-state index >= 15 is 0 Å². The van der Waals surface area contributed by atoms with Crippen LogP contribution in [0.25, 0.3) is 0 Å². The summed E-state index contributed by atoms with van der Waals surface area (Å²) in [6.45, 7) is 3.85. The summed E-state index contributed by atoms with van der Waals surface area (Å²) in [6, 6.07) is 17.5. The zero-order valence-electron chi connectivity index (χ0n) is 17.9. The highest BCUT2D eigenvalue weighted by atomic mass is 32.2. The van der Waals surface area contributed by atoms with Gasteiger partial charge < -0.3 is 15.4 Å². The van der Waals surface area contributed by atoms with Gasteiger partial charge in [-0.2, -0.15) is 0 Å². The maximum atomic E-state index is 12.2. The maximum absolute atomic E-state index is 12.2. The number of carbonyl (C=O) groups excluding carboxylic acids is 1. The minimum absolute atomic E-state index is 0.244. The van der Waals surface area contributed by atoms with Crippen LogP contribution >= 0.6 is 0 Å². The summed E-state index contributed by atoms with van der Waals surface area (Å²) in [7, 11) is -3.48. The second-order valence-electron chi connectivity index (χ2n) is 7.35. The second kappa shape index (κ2) is 10.6. The zero-order chi connectivity index (χ0) is 23.0. The summed E-state index contributed by atoms with van der Waals surface area (Å²) in [6.07, 6.45) is 3.37. The van der Waals surface area contributed by atoms with Crippen LogP contribution in [0.1, 0.15) is 25.0 Å². The Kier molecular flexibility index (Phi) is 7.67. The number of rotatable bonds is 9. The lowest BCUT2D eigenvalue weighted by atomic mass is 10.2. The number of nitrogens with zero attached hydrogens (tertiary/aromatic N) is 1. The minimum atomic E-state index is -3.48. The van der Waals surface area contributed by atoms with Gasteiger partial charge in [0.1, 0.15) is 12.4 Å². The number of hydrogen-bond acceptors (Lipinski definition) is 5. The number of pyridine rings is 1. The highest BCUT2D eigenvalue weighted by molar-refractivity contribution is 7.93. The van der Waals surface area contributed by atoms with E-state index in [4.69, 9.17) is 4.74 Å². The van der Waals surface area contributed by atoms with Gasteiger partial charge in [0.05, 0.1) is 10.9 Å². The van der Waals surface area contributed by atoms with Gasteiger partial charge in [-0.05, 0) is 55.3 Å². The number of hydrogen-bond donors (Lipinski definition) is 3. The zero-order valence-corrected chi connectivity index (χ0v) is 18.7. The van der Waals surface area contributed by atoms with E-state index in [0.29, 0.717) is 23.7 Å². The molecule has 32 heavy (non-hydrogen) atoms. The molecule has 3 rings (SSSR count). The first-order valence-corrected chi connectivity index (χ1v) is 11.6. The normalized spacial score (nSPS) is 11.1. The first kappa shape index (κ1) is 23.1. The molecule has 3 aromatic rings. The predicted molar refractivity (Wildman–Crippen MR) is 125 cm³/mol. The van der Waals surface area contributed by atoms with Crippen molar-refractivity contribution in [2.45, 2.75) is 32.2 Å². The van der Waals surface area contributed by atoms with Gasteiger partial charge >= 0.3 is 6.03 Å². The van der Waals surface area contributed by atoms with Gasteiger partial charge in [0.25, 0.3) is 0 Å². The molecule has 0 aliphatic rings. The lowest BCUT2D eigenvalue weighted by molar-refractivity contribution is 0.251. The molecule has 0 bridgehead atoms. The first-order chi connectivity index (χ1) is 15.3. The fourth-order valence-corrected chi connectivity index (χ4v) is 3.36. The van der Waals surface area contributed by atoms with Crippen molar-refractivity contribution in [3.63, 3.8) is 0 Å². The second-order valence-corrected chi connectivity index (χ2v) is 9.58. The van der Waals surface area contributed by atoms with Crippen molar-refractivity contribution < 1.29 is 17.9 Å². The van der Waals surface area contributed by atoms with E-state index in [1.165, 1.54) is 0 Å². The van der Waals surface area contributed by atoms with E-state index in [9.17, 15) is 13.2 Å². The third kappa shape index (κ3) is 6.71. The van der Waals surface area contributed by atoms with E-state index in [0.717, 1.165) is 11.1 Å². The molecule has 0 unspecified atom stereocenters. The van der Waals surface area contributed by atoms with Crippen LogP contribution in [0.15, 0.2) is 73.1 Å².